The summed E-state index contributed by atoms with van der Waals surface area (Å²) in [5, 5.41) is 3.10. The number of nitrogens with zero attached hydrogens (tertiary/aromatic N) is 2. The standard InChI is InChI=1S/C11H17N3/c1-3-4-10-13-9(8-5-6-8)7-11(12-2)14-10/h7-8H,3-6H2,1-2H3,(H,12,13,14). The summed E-state index contributed by atoms with van der Waals surface area (Å²) in [5.74, 6) is 2.66. The first-order chi connectivity index (χ1) is 6.83. The lowest BCUT2D eigenvalue weighted by Gasteiger charge is -2.06. The van der Waals surface area contributed by atoms with Gasteiger partial charge < -0.3 is 5.32 Å². The van der Waals surface area contributed by atoms with Crippen molar-refractivity contribution in [2.45, 2.75) is 38.5 Å². The Morgan fingerprint density at radius 3 is 2.79 bits per heavy atom. The Balaban J connectivity index is 2.26. The van der Waals surface area contributed by atoms with E-state index in [1.54, 1.807) is 0 Å². The molecule has 1 saturated carbocycles. The minimum Gasteiger partial charge on any atom is -0.373 e. The summed E-state index contributed by atoms with van der Waals surface area (Å²) in [4.78, 5) is 9.01. The van der Waals surface area contributed by atoms with Crippen LogP contribution in [0.5, 0.6) is 0 Å². The largest absolute Gasteiger partial charge is 0.373 e. The Morgan fingerprint density at radius 1 is 1.43 bits per heavy atom. The number of anilines is 1. The second-order valence-electron chi connectivity index (χ2n) is 3.87. The first-order valence-electron chi connectivity index (χ1n) is 5.39. The van der Waals surface area contributed by atoms with Crippen molar-refractivity contribution in [1.82, 2.24) is 9.97 Å². The molecule has 1 N–H and O–H groups in total. The average molecular weight is 191 g/mol. The molecule has 0 aliphatic heterocycles. The molecule has 2 rings (SSSR count). The van der Waals surface area contributed by atoms with Gasteiger partial charge in [0, 0.05) is 31.1 Å². The molecule has 76 valence electrons. The van der Waals surface area contributed by atoms with Crippen molar-refractivity contribution in [3.05, 3.63) is 17.6 Å². The van der Waals surface area contributed by atoms with E-state index in [0.29, 0.717) is 5.92 Å². The lowest BCUT2D eigenvalue weighted by molar-refractivity contribution is 0.813. The quantitative estimate of drug-likeness (QED) is 0.793. The van der Waals surface area contributed by atoms with E-state index in [9.17, 15) is 0 Å². The highest BCUT2D eigenvalue weighted by Crippen LogP contribution is 2.39. The molecular weight excluding hydrogens is 174 g/mol. The van der Waals surface area contributed by atoms with Crippen molar-refractivity contribution in [1.29, 1.82) is 0 Å². The smallest absolute Gasteiger partial charge is 0.131 e. The molecule has 1 aromatic heterocycles. The Bertz CT molecular complexity index is 318. The zero-order chi connectivity index (χ0) is 9.97. The highest BCUT2D eigenvalue weighted by molar-refractivity contribution is 5.37. The van der Waals surface area contributed by atoms with Crippen LogP contribution in [0.25, 0.3) is 0 Å². The van der Waals surface area contributed by atoms with Gasteiger partial charge in [0.15, 0.2) is 0 Å². The average Bonchev–Trinajstić information content (AvgIpc) is 3.01. The maximum atomic E-state index is 4.58. The summed E-state index contributed by atoms with van der Waals surface area (Å²) in [6.07, 6.45) is 4.68. The fourth-order valence-corrected chi connectivity index (χ4v) is 1.57. The van der Waals surface area contributed by atoms with Gasteiger partial charge in [0.2, 0.25) is 0 Å². The second-order valence-corrected chi connectivity index (χ2v) is 3.87. The van der Waals surface area contributed by atoms with Gasteiger partial charge in [-0.3, -0.25) is 0 Å². The van der Waals surface area contributed by atoms with E-state index in [2.05, 4.69) is 28.3 Å². The number of nitrogens with one attached hydrogen (secondary N) is 1. The number of aryl methyl sites for hydroxylation is 1. The molecule has 1 aliphatic carbocycles. The van der Waals surface area contributed by atoms with E-state index in [1.165, 1.54) is 18.5 Å². The number of hydrogen-bond donors (Lipinski definition) is 1. The molecule has 14 heavy (non-hydrogen) atoms. The van der Waals surface area contributed by atoms with Crippen LogP contribution in [0.2, 0.25) is 0 Å². The molecule has 0 amide bonds. The van der Waals surface area contributed by atoms with Crippen LogP contribution in [0.4, 0.5) is 5.82 Å². The third kappa shape index (κ3) is 2.03. The number of rotatable bonds is 4. The fourth-order valence-electron chi connectivity index (χ4n) is 1.57. The fraction of sp³-hybridized carbons (Fsp3) is 0.636. The van der Waals surface area contributed by atoms with Crippen LogP contribution in [0.15, 0.2) is 6.07 Å². The third-order valence-electron chi connectivity index (χ3n) is 2.52. The van der Waals surface area contributed by atoms with E-state index in [1.807, 2.05) is 7.05 Å². The van der Waals surface area contributed by atoms with Crippen LogP contribution in [-0.4, -0.2) is 17.0 Å². The molecule has 0 aromatic carbocycles. The van der Waals surface area contributed by atoms with Gasteiger partial charge >= 0.3 is 0 Å². The molecule has 1 fully saturated rings. The van der Waals surface area contributed by atoms with Gasteiger partial charge in [0.1, 0.15) is 11.6 Å². The zero-order valence-corrected chi connectivity index (χ0v) is 8.88. The summed E-state index contributed by atoms with van der Waals surface area (Å²) in [6.45, 7) is 2.16. The monoisotopic (exact) mass is 191 g/mol. The Hall–Kier alpha value is -1.12. The molecular formula is C11H17N3. The van der Waals surface area contributed by atoms with Crippen LogP contribution in [0, 0.1) is 0 Å². The number of aromatic nitrogens is 2. The third-order valence-corrected chi connectivity index (χ3v) is 2.52. The molecule has 0 bridgehead atoms. The summed E-state index contributed by atoms with van der Waals surface area (Å²) >= 11 is 0. The normalized spacial score (nSPS) is 15.6. The molecule has 0 radical (unpaired) electrons. The first kappa shape index (κ1) is 9.44. The highest BCUT2D eigenvalue weighted by Gasteiger charge is 2.25. The van der Waals surface area contributed by atoms with Gasteiger partial charge in [-0.15, -0.1) is 0 Å². The summed E-state index contributed by atoms with van der Waals surface area (Å²) in [7, 11) is 1.91. The van der Waals surface area contributed by atoms with Crippen LogP contribution in [-0.2, 0) is 6.42 Å². The van der Waals surface area contributed by atoms with Crippen molar-refractivity contribution in [2.24, 2.45) is 0 Å². The van der Waals surface area contributed by atoms with Crippen LogP contribution < -0.4 is 5.32 Å². The molecule has 1 heterocycles. The first-order valence-corrected chi connectivity index (χ1v) is 5.39. The van der Waals surface area contributed by atoms with Crippen molar-refractivity contribution in [3.8, 4) is 0 Å². The molecule has 3 heteroatoms. The minimum atomic E-state index is 0.709. The molecule has 1 aromatic rings. The lowest BCUT2D eigenvalue weighted by Crippen LogP contribution is -2.02. The highest BCUT2D eigenvalue weighted by atomic mass is 15.0. The maximum Gasteiger partial charge on any atom is 0.131 e. The van der Waals surface area contributed by atoms with Crippen molar-refractivity contribution >= 4 is 5.82 Å². The maximum absolute atomic E-state index is 4.58. The molecule has 0 atom stereocenters. The van der Waals surface area contributed by atoms with Gasteiger partial charge in [-0.05, 0) is 19.3 Å². The van der Waals surface area contributed by atoms with Gasteiger partial charge in [-0.1, -0.05) is 6.92 Å². The molecule has 0 unspecified atom stereocenters. The topological polar surface area (TPSA) is 37.8 Å². The SMILES string of the molecule is CCCc1nc(NC)cc(C2CC2)n1. The van der Waals surface area contributed by atoms with Crippen LogP contribution >= 0.6 is 0 Å². The molecule has 1 aliphatic rings. The lowest BCUT2D eigenvalue weighted by atomic mass is 10.2. The van der Waals surface area contributed by atoms with Crippen molar-refractivity contribution in [3.63, 3.8) is 0 Å². The van der Waals surface area contributed by atoms with Crippen LogP contribution in [0.1, 0.15) is 43.6 Å². The predicted octanol–water partition coefficient (Wildman–Crippen LogP) is 2.35. The summed E-state index contributed by atoms with van der Waals surface area (Å²) < 4.78 is 0. The van der Waals surface area contributed by atoms with Gasteiger partial charge in [0.25, 0.3) is 0 Å². The Morgan fingerprint density at radius 2 is 2.21 bits per heavy atom. The van der Waals surface area contributed by atoms with Crippen LogP contribution in [0.3, 0.4) is 0 Å². The summed E-state index contributed by atoms with van der Waals surface area (Å²) in [6, 6.07) is 2.08. The Kier molecular flexibility index (Phi) is 2.66. The molecule has 0 spiro atoms. The zero-order valence-electron chi connectivity index (χ0n) is 8.88. The minimum absolute atomic E-state index is 0.709. The van der Waals surface area contributed by atoms with Gasteiger partial charge in [-0.25, -0.2) is 9.97 Å². The van der Waals surface area contributed by atoms with Crippen molar-refractivity contribution < 1.29 is 0 Å². The van der Waals surface area contributed by atoms with Gasteiger partial charge in [-0.2, -0.15) is 0 Å². The molecule has 3 nitrogen and oxygen atoms in total. The number of hydrogen-bond acceptors (Lipinski definition) is 3. The van der Waals surface area contributed by atoms with Gasteiger partial charge in [0.05, 0.1) is 0 Å². The molecule has 0 saturated heterocycles. The van der Waals surface area contributed by atoms with E-state index < -0.39 is 0 Å². The van der Waals surface area contributed by atoms with E-state index in [-0.39, 0.29) is 0 Å². The summed E-state index contributed by atoms with van der Waals surface area (Å²) in [5.41, 5.74) is 1.23. The Labute approximate surface area is 85.0 Å². The predicted molar refractivity (Wildman–Crippen MR) is 57.5 cm³/mol. The van der Waals surface area contributed by atoms with E-state index >= 15 is 0 Å². The van der Waals surface area contributed by atoms with E-state index in [0.717, 1.165) is 24.5 Å². The van der Waals surface area contributed by atoms with E-state index in [4.69, 9.17) is 0 Å². The van der Waals surface area contributed by atoms with Crippen molar-refractivity contribution in [2.75, 3.05) is 12.4 Å². The second kappa shape index (κ2) is 3.95.